The van der Waals surface area contributed by atoms with E-state index in [1.165, 1.54) is 0 Å². The van der Waals surface area contributed by atoms with Crippen molar-refractivity contribution >= 4 is 23.0 Å². The first kappa shape index (κ1) is 17.4. The van der Waals surface area contributed by atoms with Crippen molar-refractivity contribution in [1.82, 2.24) is 15.0 Å². The largest absolute Gasteiger partial charge is 0.481 e. The zero-order valence-electron chi connectivity index (χ0n) is 14.9. The highest BCUT2D eigenvalue weighted by atomic mass is 16.5. The van der Waals surface area contributed by atoms with Crippen molar-refractivity contribution in [2.45, 2.75) is 52.5 Å². The third-order valence-corrected chi connectivity index (χ3v) is 4.95. The number of likely N-dealkylation sites (tertiary alicyclic amines) is 1. The SMILES string of the molecule is Cc1noc2nc(C(C)C)cc(C(=O)N3CC(C(=O)O)CCC3C)c12. The molecule has 134 valence electrons. The Hall–Kier alpha value is -2.44. The van der Waals surface area contributed by atoms with Gasteiger partial charge < -0.3 is 14.5 Å². The molecule has 0 aliphatic carbocycles. The molecule has 7 nitrogen and oxygen atoms in total. The van der Waals surface area contributed by atoms with E-state index in [0.29, 0.717) is 35.2 Å². The van der Waals surface area contributed by atoms with Gasteiger partial charge in [-0.2, -0.15) is 0 Å². The van der Waals surface area contributed by atoms with E-state index >= 15 is 0 Å². The lowest BCUT2D eigenvalue weighted by molar-refractivity contribution is -0.143. The first-order chi connectivity index (χ1) is 11.8. The summed E-state index contributed by atoms with van der Waals surface area (Å²) in [5.74, 6) is -1.43. The Kier molecular flexibility index (Phi) is 4.49. The van der Waals surface area contributed by atoms with Crippen molar-refractivity contribution in [1.29, 1.82) is 0 Å². The summed E-state index contributed by atoms with van der Waals surface area (Å²) in [7, 11) is 0. The lowest BCUT2D eigenvalue weighted by Crippen LogP contribution is -2.47. The molecule has 7 heteroatoms. The van der Waals surface area contributed by atoms with Crippen molar-refractivity contribution in [3.05, 3.63) is 23.0 Å². The number of nitrogens with zero attached hydrogens (tertiary/aromatic N) is 3. The molecule has 1 fully saturated rings. The molecule has 0 aromatic carbocycles. The number of hydrogen-bond donors (Lipinski definition) is 1. The van der Waals surface area contributed by atoms with Crippen molar-refractivity contribution in [2.24, 2.45) is 5.92 Å². The second kappa shape index (κ2) is 6.46. The van der Waals surface area contributed by atoms with Crippen LogP contribution in [0.25, 0.3) is 11.1 Å². The first-order valence-electron chi connectivity index (χ1n) is 8.60. The molecule has 1 saturated heterocycles. The average Bonchev–Trinajstić information content (AvgIpc) is 2.95. The summed E-state index contributed by atoms with van der Waals surface area (Å²) in [4.78, 5) is 30.7. The molecular formula is C18H23N3O4. The summed E-state index contributed by atoms with van der Waals surface area (Å²) in [5, 5.41) is 13.9. The van der Waals surface area contributed by atoms with Gasteiger partial charge in [-0.1, -0.05) is 19.0 Å². The maximum atomic E-state index is 13.3. The van der Waals surface area contributed by atoms with E-state index in [9.17, 15) is 14.7 Å². The molecule has 3 heterocycles. The molecule has 2 unspecified atom stereocenters. The second-order valence-electron chi connectivity index (χ2n) is 7.12. The van der Waals surface area contributed by atoms with Gasteiger partial charge in [0.05, 0.1) is 22.6 Å². The zero-order valence-corrected chi connectivity index (χ0v) is 14.9. The molecule has 2 aromatic heterocycles. The number of carbonyl (C=O) groups is 2. The number of aryl methyl sites for hydroxylation is 1. The van der Waals surface area contributed by atoms with Gasteiger partial charge in [0.1, 0.15) is 0 Å². The van der Waals surface area contributed by atoms with Gasteiger partial charge in [-0.15, -0.1) is 0 Å². The molecule has 1 aliphatic heterocycles. The maximum absolute atomic E-state index is 13.3. The Labute approximate surface area is 146 Å². The second-order valence-corrected chi connectivity index (χ2v) is 7.12. The van der Waals surface area contributed by atoms with Crippen LogP contribution in [0, 0.1) is 12.8 Å². The van der Waals surface area contributed by atoms with Crippen LogP contribution < -0.4 is 0 Å². The lowest BCUT2D eigenvalue weighted by Gasteiger charge is -2.36. The number of pyridine rings is 1. The summed E-state index contributed by atoms with van der Waals surface area (Å²) in [5.41, 5.74) is 2.21. The molecule has 3 rings (SSSR count). The number of fused-ring (bicyclic) bond motifs is 1. The van der Waals surface area contributed by atoms with Gasteiger partial charge in [0.2, 0.25) is 0 Å². The standard InChI is InChI=1S/C18H23N3O4/c1-9(2)14-7-13(15-11(4)20-25-16(15)19-14)17(22)21-8-12(18(23)24)6-5-10(21)3/h7,9-10,12H,5-6,8H2,1-4H3,(H,23,24). The molecule has 25 heavy (non-hydrogen) atoms. The van der Waals surface area contributed by atoms with E-state index < -0.39 is 11.9 Å². The van der Waals surface area contributed by atoms with Crippen molar-refractivity contribution in [3.63, 3.8) is 0 Å². The Morgan fingerprint density at radius 2 is 2.08 bits per heavy atom. The van der Waals surface area contributed by atoms with E-state index in [4.69, 9.17) is 4.52 Å². The minimum Gasteiger partial charge on any atom is -0.481 e. The minimum absolute atomic E-state index is 0.00557. The monoisotopic (exact) mass is 345 g/mol. The van der Waals surface area contributed by atoms with Crippen LogP contribution in [-0.4, -0.2) is 44.6 Å². The van der Waals surface area contributed by atoms with E-state index in [0.717, 1.165) is 5.69 Å². The molecule has 0 spiro atoms. The molecule has 2 aromatic rings. The van der Waals surface area contributed by atoms with E-state index in [1.54, 1.807) is 17.9 Å². The molecule has 0 radical (unpaired) electrons. The highest BCUT2D eigenvalue weighted by Gasteiger charge is 2.34. The van der Waals surface area contributed by atoms with Gasteiger partial charge in [-0.3, -0.25) is 9.59 Å². The van der Waals surface area contributed by atoms with Gasteiger partial charge in [-0.25, -0.2) is 4.98 Å². The summed E-state index contributed by atoms with van der Waals surface area (Å²) in [6, 6.07) is 1.78. The van der Waals surface area contributed by atoms with Crippen LogP contribution in [0.3, 0.4) is 0 Å². The minimum atomic E-state index is -0.853. The topological polar surface area (TPSA) is 96.5 Å². The highest BCUT2D eigenvalue weighted by molar-refractivity contribution is 6.06. The Balaban J connectivity index is 2.06. The first-order valence-corrected chi connectivity index (χ1v) is 8.60. The van der Waals surface area contributed by atoms with E-state index in [1.807, 2.05) is 20.8 Å². The number of carboxylic acids is 1. The molecule has 1 amide bonds. The maximum Gasteiger partial charge on any atom is 0.308 e. The van der Waals surface area contributed by atoms with Crippen LogP contribution >= 0.6 is 0 Å². The van der Waals surface area contributed by atoms with Crippen molar-refractivity contribution < 1.29 is 19.2 Å². The zero-order chi connectivity index (χ0) is 18.3. The van der Waals surface area contributed by atoms with Gasteiger partial charge in [0.15, 0.2) is 0 Å². The van der Waals surface area contributed by atoms with Gasteiger partial charge in [0, 0.05) is 18.3 Å². The third-order valence-electron chi connectivity index (χ3n) is 4.95. The summed E-state index contributed by atoms with van der Waals surface area (Å²) >= 11 is 0. The fourth-order valence-electron chi connectivity index (χ4n) is 3.32. The number of hydrogen-bond acceptors (Lipinski definition) is 5. The van der Waals surface area contributed by atoms with Crippen molar-refractivity contribution in [3.8, 4) is 0 Å². The molecule has 2 atom stereocenters. The number of rotatable bonds is 3. The fourth-order valence-corrected chi connectivity index (χ4v) is 3.32. The molecular weight excluding hydrogens is 322 g/mol. The van der Waals surface area contributed by atoms with E-state index in [-0.39, 0.29) is 24.4 Å². The van der Waals surface area contributed by atoms with Crippen LogP contribution in [-0.2, 0) is 4.79 Å². The Morgan fingerprint density at radius 3 is 2.72 bits per heavy atom. The van der Waals surface area contributed by atoms with Crippen LogP contribution in [0.4, 0.5) is 0 Å². The number of piperidine rings is 1. The number of carbonyl (C=O) groups excluding carboxylic acids is 1. The number of aliphatic carboxylic acids is 1. The number of aromatic nitrogens is 2. The quantitative estimate of drug-likeness (QED) is 0.918. The van der Waals surface area contributed by atoms with Crippen molar-refractivity contribution in [2.75, 3.05) is 6.54 Å². The molecule has 0 saturated carbocycles. The third kappa shape index (κ3) is 3.10. The summed E-state index contributed by atoms with van der Waals surface area (Å²) in [6.45, 7) is 7.95. The summed E-state index contributed by atoms with van der Waals surface area (Å²) in [6.07, 6.45) is 1.27. The van der Waals surface area contributed by atoms with Crippen LogP contribution in [0.5, 0.6) is 0 Å². The van der Waals surface area contributed by atoms with Crippen LogP contribution in [0.1, 0.15) is 61.3 Å². The predicted molar refractivity (Wildman–Crippen MR) is 91.5 cm³/mol. The van der Waals surface area contributed by atoms with E-state index in [2.05, 4.69) is 10.1 Å². The molecule has 0 bridgehead atoms. The smallest absolute Gasteiger partial charge is 0.308 e. The van der Waals surface area contributed by atoms with Gasteiger partial charge in [0.25, 0.3) is 11.6 Å². The lowest BCUT2D eigenvalue weighted by atomic mass is 9.92. The number of carboxylic acid groups (broad SMARTS) is 1. The highest BCUT2D eigenvalue weighted by Crippen LogP contribution is 2.29. The van der Waals surface area contributed by atoms with Gasteiger partial charge in [-0.05, 0) is 38.7 Å². The van der Waals surface area contributed by atoms with Crippen LogP contribution in [0.15, 0.2) is 10.6 Å². The average molecular weight is 345 g/mol. The number of amides is 1. The summed E-state index contributed by atoms with van der Waals surface area (Å²) < 4.78 is 5.28. The fraction of sp³-hybridized carbons (Fsp3) is 0.556. The Bertz CT molecular complexity index is 827. The normalized spacial score (nSPS) is 21.1. The molecule has 1 N–H and O–H groups in total. The van der Waals surface area contributed by atoms with Crippen LogP contribution in [0.2, 0.25) is 0 Å². The Morgan fingerprint density at radius 1 is 1.36 bits per heavy atom. The predicted octanol–water partition coefficient (Wildman–Crippen LogP) is 2.98. The molecule has 1 aliphatic rings. The van der Waals surface area contributed by atoms with Gasteiger partial charge >= 0.3 is 5.97 Å².